The Labute approximate surface area is 203 Å². The molecule has 0 fully saturated rings. The molecule has 1 heterocycles. The molecule has 3 unspecified atom stereocenters. The molecule has 1 aliphatic heterocycles. The van der Waals surface area contributed by atoms with Crippen molar-refractivity contribution in [2.24, 2.45) is 5.92 Å². The summed E-state index contributed by atoms with van der Waals surface area (Å²) >= 11 is 7.27. The number of anilines is 2. The number of benzene rings is 2. The summed E-state index contributed by atoms with van der Waals surface area (Å²) < 4.78 is 14.8. The Morgan fingerprint density at radius 3 is 2.68 bits per heavy atom. The van der Waals surface area contributed by atoms with Gasteiger partial charge in [0.15, 0.2) is 0 Å². The van der Waals surface area contributed by atoms with Gasteiger partial charge in [0.25, 0.3) is 0 Å². The zero-order valence-electron chi connectivity index (χ0n) is 18.3. The highest BCUT2D eigenvalue weighted by Gasteiger charge is 2.38. The van der Waals surface area contributed by atoms with E-state index in [9.17, 15) is 0 Å². The third kappa shape index (κ3) is 5.31. The molecule has 2 aromatic carbocycles. The molecule has 3 nitrogen and oxygen atoms in total. The van der Waals surface area contributed by atoms with Crippen LogP contribution in [0, 0.1) is 5.92 Å². The summed E-state index contributed by atoms with van der Waals surface area (Å²) in [5, 5.41) is 0. The predicted molar refractivity (Wildman–Crippen MR) is 136 cm³/mol. The standard InChI is InChI=1S/C26H31Br2NO2/c1-3-5-6-18(4-2)17-30-22-11-9-21(10-12-22)29-23-13-7-19(27)15-25(23)31-26-16-20(28)8-14-24(26)29/h7-13,15,18,24,26H,3-6,14,16-17H2,1-2H3. The van der Waals surface area contributed by atoms with Gasteiger partial charge >= 0.3 is 0 Å². The lowest BCUT2D eigenvalue weighted by molar-refractivity contribution is 0.154. The summed E-state index contributed by atoms with van der Waals surface area (Å²) in [5.41, 5.74) is 2.30. The van der Waals surface area contributed by atoms with Crippen molar-refractivity contribution in [3.63, 3.8) is 0 Å². The first-order chi connectivity index (χ1) is 15.1. The lowest BCUT2D eigenvalue weighted by Crippen LogP contribution is -2.48. The molecule has 2 aromatic rings. The minimum absolute atomic E-state index is 0.126. The quantitative estimate of drug-likeness (QED) is 0.330. The highest BCUT2D eigenvalue weighted by Crippen LogP contribution is 2.46. The fourth-order valence-electron chi connectivity index (χ4n) is 4.47. The van der Waals surface area contributed by atoms with Gasteiger partial charge in [-0.3, -0.25) is 0 Å². The SMILES string of the molecule is CCCCC(CC)COc1ccc(N2c3ccc(Br)cc3OC3CC(Br)=CCC32)cc1. The van der Waals surface area contributed by atoms with Crippen LogP contribution in [0.15, 0.2) is 57.5 Å². The van der Waals surface area contributed by atoms with E-state index in [1.54, 1.807) is 0 Å². The predicted octanol–water partition coefficient (Wildman–Crippen LogP) is 8.38. The van der Waals surface area contributed by atoms with Gasteiger partial charge in [-0.2, -0.15) is 0 Å². The molecule has 31 heavy (non-hydrogen) atoms. The Bertz CT molecular complexity index is 912. The fraction of sp³-hybridized carbons (Fsp3) is 0.462. The van der Waals surface area contributed by atoms with Gasteiger partial charge in [-0.1, -0.05) is 71.0 Å². The molecule has 4 rings (SSSR count). The van der Waals surface area contributed by atoms with Crippen LogP contribution in [0.5, 0.6) is 11.5 Å². The normalized spacial score (nSPS) is 20.9. The highest BCUT2D eigenvalue weighted by molar-refractivity contribution is 9.11. The maximum atomic E-state index is 6.40. The number of ether oxygens (including phenoxy) is 2. The maximum absolute atomic E-state index is 6.40. The summed E-state index contributed by atoms with van der Waals surface area (Å²) in [4.78, 5) is 2.44. The number of nitrogens with zero attached hydrogens (tertiary/aromatic N) is 1. The Morgan fingerprint density at radius 2 is 1.94 bits per heavy atom. The van der Waals surface area contributed by atoms with Gasteiger partial charge in [-0.25, -0.2) is 0 Å². The number of hydrogen-bond acceptors (Lipinski definition) is 3. The molecular formula is C26H31Br2NO2. The number of rotatable bonds is 8. The van der Waals surface area contributed by atoms with E-state index >= 15 is 0 Å². The minimum Gasteiger partial charge on any atom is -0.493 e. The van der Waals surface area contributed by atoms with E-state index in [4.69, 9.17) is 9.47 Å². The molecule has 5 heteroatoms. The molecule has 0 radical (unpaired) electrons. The molecule has 0 amide bonds. The van der Waals surface area contributed by atoms with Crippen LogP contribution in [0.2, 0.25) is 0 Å². The van der Waals surface area contributed by atoms with Gasteiger partial charge in [-0.15, -0.1) is 0 Å². The van der Waals surface area contributed by atoms with Crippen LogP contribution in [0.4, 0.5) is 11.4 Å². The van der Waals surface area contributed by atoms with Gasteiger partial charge in [0.05, 0.1) is 18.3 Å². The van der Waals surface area contributed by atoms with Crippen molar-refractivity contribution in [2.75, 3.05) is 11.5 Å². The lowest BCUT2D eigenvalue weighted by atomic mass is 9.93. The summed E-state index contributed by atoms with van der Waals surface area (Å²) in [6.07, 6.45) is 9.19. The van der Waals surface area contributed by atoms with Crippen molar-refractivity contribution >= 4 is 43.2 Å². The second-order valence-electron chi connectivity index (χ2n) is 8.52. The summed E-state index contributed by atoms with van der Waals surface area (Å²) in [5.74, 6) is 2.52. The third-order valence-corrected chi connectivity index (χ3v) is 7.48. The molecule has 0 spiro atoms. The molecule has 3 atom stereocenters. The first-order valence-electron chi connectivity index (χ1n) is 11.4. The lowest BCUT2D eigenvalue weighted by Gasteiger charge is -2.45. The Morgan fingerprint density at radius 1 is 1.13 bits per heavy atom. The van der Waals surface area contributed by atoms with Crippen molar-refractivity contribution < 1.29 is 9.47 Å². The van der Waals surface area contributed by atoms with E-state index in [0.29, 0.717) is 5.92 Å². The summed E-state index contributed by atoms with van der Waals surface area (Å²) in [7, 11) is 0. The number of hydrogen-bond donors (Lipinski definition) is 0. The Balaban J connectivity index is 1.54. The van der Waals surface area contributed by atoms with Crippen molar-refractivity contribution in [1.29, 1.82) is 0 Å². The molecular weight excluding hydrogens is 518 g/mol. The second kappa shape index (κ2) is 10.4. The van der Waals surface area contributed by atoms with Crippen LogP contribution in [-0.2, 0) is 0 Å². The van der Waals surface area contributed by atoms with E-state index in [2.05, 4.69) is 99.1 Å². The molecule has 1 aliphatic carbocycles. The Hall–Kier alpha value is -1.46. The molecule has 2 aliphatic rings. The van der Waals surface area contributed by atoms with E-state index < -0.39 is 0 Å². The van der Waals surface area contributed by atoms with Gasteiger partial charge in [-0.05, 0) is 65.7 Å². The van der Waals surface area contributed by atoms with Crippen molar-refractivity contribution in [2.45, 2.75) is 64.5 Å². The number of halogens is 2. The topological polar surface area (TPSA) is 21.7 Å². The first kappa shape index (κ1) is 22.7. The molecule has 0 aromatic heterocycles. The summed E-state index contributed by atoms with van der Waals surface area (Å²) in [6.45, 7) is 5.31. The first-order valence-corrected chi connectivity index (χ1v) is 13.0. The van der Waals surface area contributed by atoms with Gasteiger partial charge in [0, 0.05) is 16.6 Å². The van der Waals surface area contributed by atoms with E-state index in [0.717, 1.165) is 41.1 Å². The number of fused-ring (bicyclic) bond motifs is 2. The maximum Gasteiger partial charge on any atom is 0.144 e. The zero-order chi connectivity index (χ0) is 21.8. The average molecular weight is 549 g/mol. The smallest absolute Gasteiger partial charge is 0.144 e. The fourth-order valence-corrected chi connectivity index (χ4v) is 5.32. The van der Waals surface area contributed by atoms with Crippen LogP contribution in [0.25, 0.3) is 0 Å². The molecule has 166 valence electrons. The molecule has 0 saturated carbocycles. The average Bonchev–Trinajstić information content (AvgIpc) is 2.78. The van der Waals surface area contributed by atoms with Crippen LogP contribution < -0.4 is 14.4 Å². The molecule has 0 saturated heterocycles. The van der Waals surface area contributed by atoms with Crippen LogP contribution >= 0.6 is 31.9 Å². The van der Waals surface area contributed by atoms with E-state index in [1.807, 2.05) is 0 Å². The summed E-state index contributed by atoms with van der Waals surface area (Å²) in [6, 6.07) is 15.2. The molecule has 0 N–H and O–H groups in total. The largest absolute Gasteiger partial charge is 0.493 e. The van der Waals surface area contributed by atoms with Crippen molar-refractivity contribution in [1.82, 2.24) is 0 Å². The van der Waals surface area contributed by atoms with Crippen molar-refractivity contribution in [3.8, 4) is 11.5 Å². The minimum atomic E-state index is 0.126. The highest BCUT2D eigenvalue weighted by atomic mass is 79.9. The van der Waals surface area contributed by atoms with Crippen molar-refractivity contribution in [3.05, 3.63) is 57.5 Å². The van der Waals surface area contributed by atoms with Crippen LogP contribution in [0.1, 0.15) is 52.4 Å². The monoisotopic (exact) mass is 547 g/mol. The van der Waals surface area contributed by atoms with Crippen LogP contribution in [-0.4, -0.2) is 18.8 Å². The van der Waals surface area contributed by atoms with E-state index in [1.165, 1.54) is 35.9 Å². The molecule has 0 bridgehead atoms. The second-order valence-corrected chi connectivity index (χ2v) is 10.5. The van der Waals surface area contributed by atoms with Crippen LogP contribution in [0.3, 0.4) is 0 Å². The zero-order valence-corrected chi connectivity index (χ0v) is 21.5. The third-order valence-electron chi connectivity index (χ3n) is 6.34. The van der Waals surface area contributed by atoms with Gasteiger partial charge < -0.3 is 14.4 Å². The van der Waals surface area contributed by atoms with E-state index in [-0.39, 0.29) is 12.1 Å². The Kier molecular flexibility index (Phi) is 7.65. The van der Waals surface area contributed by atoms with Gasteiger partial charge in [0.2, 0.25) is 0 Å². The van der Waals surface area contributed by atoms with Gasteiger partial charge in [0.1, 0.15) is 17.6 Å². The number of unbranched alkanes of at least 4 members (excludes halogenated alkanes) is 1.